The Hall–Kier alpha value is -2.15. The van der Waals surface area contributed by atoms with E-state index in [9.17, 15) is 4.79 Å². The Bertz CT molecular complexity index is 854. The SMILES string of the molecule is Br.COc1cccc(C2CCCN2C(=O)c2cc(C)nc(N3CCCCC3)n2)c1. The second-order valence-electron chi connectivity index (χ2n) is 7.68. The highest BCUT2D eigenvalue weighted by atomic mass is 79.9. The molecule has 0 N–H and O–H groups in total. The number of aromatic nitrogens is 2. The molecular formula is C22H29BrN4O2. The van der Waals surface area contributed by atoms with Gasteiger partial charge in [0.1, 0.15) is 11.4 Å². The summed E-state index contributed by atoms with van der Waals surface area (Å²) >= 11 is 0. The number of halogens is 1. The molecule has 1 aromatic heterocycles. The average molecular weight is 461 g/mol. The van der Waals surface area contributed by atoms with Crippen LogP contribution >= 0.6 is 17.0 Å². The lowest BCUT2D eigenvalue weighted by Gasteiger charge is -2.28. The highest BCUT2D eigenvalue weighted by Crippen LogP contribution is 2.34. The molecule has 1 aromatic carbocycles. The van der Waals surface area contributed by atoms with E-state index in [1.165, 1.54) is 6.42 Å². The first-order valence-corrected chi connectivity index (χ1v) is 10.2. The van der Waals surface area contributed by atoms with Crippen LogP contribution in [0.3, 0.4) is 0 Å². The van der Waals surface area contributed by atoms with Crippen LogP contribution in [-0.4, -0.2) is 47.5 Å². The lowest BCUT2D eigenvalue weighted by Crippen LogP contribution is -2.34. The molecule has 6 nitrogen and oxygen atoms in total. The zero-order valence-electron chi connectivity index (χ0n) is 17.1. The van der Waals surface area contributed by atoms with Crippen molar-refractivity contribution in [3.63, 3.8) is 0 Å². The Morgan fingerprint density at radius 2 is 1.86 bits per heavy atom. The van der Waals surface area contributed by atoms with Crippen LogP contribution < -0.4 is 9.64 Å². The Labute approximate surface area is 183 Å². The maximum Gasteiger partial charge on any atom is 0.273 e. The number of benzene rings is 1. The van der Waals surface area contributed by atoms with Crippen molar-refractivity contribution in [3.05, 3.63) is 47.3 Å². The van der Waals surface area contributed by atoms with Gasteiger partial charge in [-0.1, -0.05) is 12.1 Å². The normalized spacial score (nSPS) is 19.0. The molecule has 1 unspecified atom stereocenters. The molecule has 2 aliphatic rings. The van der Waals surface area contributed by atoms with Gasteiger partial charge in [-0.3, -0.25) is 4.79 Å². The zero-order valence-corrected chi connectivity index (χ0v) is 18.8. The maximum absolute atomic E-state index is 13.4. The van der Waals surface area contributed by atoms with Crippen LogP contribution in [0.15, 0.2) is 30.3 Å². The number of amides is 1. The van der Waals surface area contributed by atoms with E-state index >= 15 is 0 Å². The number of aryl methyl sites for hydroxylation is 1. The van der Waals surface area contributed by atoms with E-state index in [2.05, 4.69) is 20.9 Å². The molecule has 1 amide bonds. The number of ether oxygens (including phenoxy) is 1. The molecule has 0 spiro atoms. The van der Waals surface area contributed by atoms with Gasteiger partial charge in [0, 0.05) is 25.3 Å². The minimum absolute atomic E-state index is 0. The summed E-state index contributed by atoms with van der Waals surface area (Å²) < 4.78 is 5.36. The molecular weight excluding hydrogens is 432 g/mol. The first-order chi connectivity index (χ1) is 13.7. The van der Waals surface area contributed by atoms with Gasteiger partial charge in [0.05, 0.1) is 13.2 Å². The Kier molecular flexibility index (Phi) is 7.11. The van der Waals surface area contributed by atoms with Crippen molar-refractivity contribution in [2.45, 2.75) is 45.1 Å². The van der Waals surface area contributed by atoms with Gasteiger partial charge in [-0.15, -0.1) is 17.0 Å². The van der Waals surface area contributed by atoms with E-state index in [1.54, 1.807) is 7.11 Å². The number of piperidine rings is 1. The van der Waals surface area contributed by atoms with Crippen LogP contribution in [0.2, 0.25) is 0 Å². The monoisotopic (exact) mass is 460 g/mol. The van der Waals surface area contributed by atoms with Crippen LogP contribution in [0.5, 0.6) is 5.75 Å². The van der Waals surface area contributed by atoms with Crippen LogP contribution in [0.4, 0.5) is 5.95 Å². The van der Waals surface area contributed by atoms with E-state index in [0.717, 1.165) is 62.3 Å². The summed E-state index contributed by atoms with van der Waals surface area (Å²) in [5.41, 5.74) is 2.46. The zero-order chi connectivity index (χ0) is 19.5. The Balaban J connectivity index is 0.00000240. The van der Waals surface area contributed by atoms with Gasteiger partial charge < -0.3 is 14.5 Å². The highest BCUT2D eigenvalue weighted by molar-refractivity contribution is 8.93. The van der Waals surface area contributed by atoms with E-state index < -0.39 is 0 Å². The van der Waals surface area contributed by atoms with Crippen molar-refractivity contribution in [1.29, 1.82) is 0 Å². The second-order valence-corrected chi connectivity index (χ2v) is 7.68. The summed E-state index contributed by atoms with van der Waals surface area (Å²) in [4.78, 5) is 26.8. The highest BCUT2D eigenvalue weighted by Gasteiger charge is 2.32. The van der Waals surface area contributed by atoms with Crippen molar-refractivity contribution in [3.8, 4) is 5.75 Å². The van der Waals surface area contributed by atoms with E-state index in [4.69, 9.17) is 4.74 Å². The Morgan fingerprint density at radius 1 is 1.07 bits per heavy atom. The standard InChI is InChI=1S/C22H28N4O2.BrH/c1-16-14-19(24-22(23-16)25-11-4-3-5-12-25)21(27)26-13-7-10-20(26)17-8-6-9-18(15-17)28-2;/h6,8-9,14-15,20H,3-5,7,10-13H2,1-2H3;1H. The summed E-state index contributed by atoms with van der Waals surface area (Å²) in [5, 5.41) is 0. The molecule has 0 radical (unpaired) electrons. The number of carbonyl (C=O) groups excluding carboxylic acids is 1. The van der Waals surface area contributed by atoms with Crippen LogP contribution in [0, 0.1) is 6.92 Å². The summed E-state index contributed by atoms with van der Waals surface area (Å²) in [6, 6.07) is 9.90. The average Bonchev–Trinajstić information content (AvgIpc) is 3.23. The molecule has 0 aliphatic carbocycles. The van der Waals surface area contributed by atoms with Gasteiger partial charge >= 0.3 is 0 Å². The number of hydrogen-bond donors (Lipinski definition) is 0. The van der Waals surface area contributed by atoms with Gasteiger partial charge in [-0.25, -0.2) is 9.97 Å². The molecule has 156 valence electrons. The van der Waals surface area contributed by atoms with Gasteiger partial charge in [0.2, 0.25) is 5.95 Å². The van der Waals surface area contributed by atoms with E-state index in [1.807, 2.05) is 36.1 Å². The number of rotatable bonds is 4. The largest absolute Gasteiger partial charge is 0.497 e. The maximum atomic E-state index is 13.4. The minimum atomic E-state index is -0.00548. The van der Waals surface area contributed by atoms with E-state index in [-0.39, 0.29) is 28.9 Å². The van der Waals surface area contributed by atoms with Crippen LogP contribution in [0.1, 0.15) is 59.9 Å². The number of methoxy groups -OCH3 is 1. The summed E-state index contributed by atoms with van der Waals surface area (Å²) in [6.45, 7) is 4.62. The molecule has 2 aromatic rings. The lowest BCUT2D eigenvalue weighted by molar-refractivity contribution is 0.0729. The van der Waals surface area contributed by atoms with Crippen molar-refractivity contribution in [2.24, 2.45) is 0 Å². The minimum Gasteiger partial charge on any atom is -0.497 e. The molecule has 4 rings (SSSR count). The third-order valence-corrected chi connectivity index (χ3v) is 5.69. The van der Waals surface area contributed by atoms with Gasteiger partial charge in [0.25, 0.3) is 5.91 Å². The molecule has 0 bridgehead atoms. The number of nitrogens with zero attached hydrogens (tertiary/aromatic N) is 4. The molecule has 1 atom stereocenters. The summed E-state index contributed by atoms with van der Waals surface area (Å²) in [5.74, 6) is 1.51. The second kappa shape index (κ2) is 9.57. The fraction of sp³-hybridized carbons (Fsp3) is 0.500. The molecule has 7 heteroatoms. The van der Waals surface area contributed by atoms with Crippen molar-refractivity contribution < 1.29 is 9.53 Å². The first kappa shape index (κ1) is 21.6. The molecule has 29 heavy (non-hydrogen) atoms. The number of likely N-dealkylation sites (tertiary alicyclic amines) is 1. The predicted octanol–water partition coefficient (Wildman–Crippen LogP) is 4.34. The van der Waals surface area contributed by atoms with Crippen molar-refractivity contribution in [1.82, 2.24) is 14.9 Å². The number of carbonyl (C=O) groups is 1. The lowest BCUT2D eigenvalue weighted by atomic mass is 10.0. The van der Waals surface area contributed by atoms with Crippen LogP contribution in [-0.2, 0) is 0 Å². The van der Waals surface area contributed by atoms with Gasteiger partial charge in [-0.2, -0.15) is 0 Å². The fourth-order valence-electron chi connectivity index (χ4n) is 4.25. The fourth-order valence-corrected chi connectivity index (χ4v) is 4.25. The van der Waals surface area contributed by atoms with Gasteiger partial charge in [-0.05, 0) is 62.8 Å². The third kappa shape index (κ3) is 4.71. The number of hydrogen-bond acceptors (Lipinski definition) is 5. The summed E-state index contributed by atoms with van der Waals surface area (Å²) in [6.07, 6.45) is 5.53. The molecule has 2 aliphatic heterocycles. The van der Waals surface area contributed by atoms with Crippen LogP contribution in [0.25, 0.3) is 0 Å². The van der Waals surface area contributed by atoms with Gasteiger partial charge in [0.15, 0.2) is 0 Å². The summed E-state index contributed by atoms with van der Waals surface area (Å²) in [7, 11) is 1.67. The molecule has 3 heterocycles. The molecule has 2 fully saturated rings. The topological polar surface area (TPSA) is 58.6 Å². The molecule has 2 saturated heterocycles. The van der Waals surface area contributed by atoms with Crippen molar-refractivity contribution in [2.75, 3.05) is 31.6 Å². The smallest absolute Gasteiger partial charge is 0.273 e. The number of anilines is 1. The Morgan fingerprint density at radius 3 is 2.62 bits per heavy atom. The third-order valence-electron chi connectivity index (χ3n) is 5.69. The first-order valence-electron chi connectivity index (χ1n) is 10.2. The molecule has 0 saturated carbocycles. The van der Waals surface area contributed by atoms with Crippen molar-refractivity contribution >= 4 is 28.8 Å². The van der Waals surface area contributed by atoms with E-state index in [0.29, 0.717) is 11.6 Å². The predicted molar refractivity (Wildman–Crippen MR) is 119 cm³/mol. The quantitative estimate of drug-likeness (QED) is 0.678.